The molecule has 0 aliphatic carbocycles. The van der Waals surface area contributed by atoms with E-state index in [1.54, 1.807) is 12.1 Å². The number of aromatic carboxylic acids is 1. The van der Waals surface area contributed by atoms with Gasteiger partial charge in [0.05, 0.1) is 5.56 Å². The highest BCUT2D eigenvalue weighted by molar-refractivity contribution is 6.31. The van der Waals surface area contributed by atoms with Crippen molar-refractivity contribution >= 4 is 17.6 Å². The molecule has 1 saturated heterocycles. The summed E-state index contributed by atoms with van der Waals surface area (Å²) in [7, 11) is 0. The maximum Gasteiger partial charge on any atom is 0.335 e. The average molecular weight is 241 g/mol. The lowest BCUT2D eigenvalue weighted by Crippen LogP contribution is -2.42. The lowest BCUT2D eigenvalue weighted by atomic mass is 10.0. The van der Waals surface area contributed by atoms with Crippen LogP contribution in [0.2, 0.25) is 5.02 Å². The van der Waals surface area contributed by atoms with Crippen LogP contribution in [0.3, 0.4) is 0 Å². The van der Waals surface area contributed by atoms with Gasteiger partial charge in [0.2, 0.25) is 0 Å². The summed E-state index contributed by atoms with van der Waals surface area (Å²) in [5.74, 6) is -0.955. The van der Waals surface area contributed by atoms with Gasteiger partial charge in [0.1, 0.15) is 0 Å². The van der Waals surface area contributed by atoms with Crippen molar-refractivity contribution in [2.45, 2.75) is 6.04 Å². The Morgan fingerprint density at radius 1 is 1.44 bits per heavy atom. The predicted octanol–water partition coefficient (Wildman–Crippen LogP) is 1.27. The summed E-state index contributed by atoms with van der Waals surface area (Å²) < 4.78 is 0. The molecule has 86 valence electrons. The van der Waals surface area contributed by atoms with E-state index in [2.05, 4.69) is 10.6 Å². The molecule has 1 aliphatic rings. The Kier molecular flexibility index (Phi) is 3.43. The molecule has 0 radical (unpaired) electrons. The molecule has 1 aromatic rings. The van der Waals surface area contributed by atoms with E-state index in [9.17, 15) is 4.79 Å². The average Bonchev–Trinajstić information content (AvgIpc) is 2.30. The number of nitrogens with one attached hydrogen (secondary N) is 2. The maximum atomic E-state index is 10.8. The Morgan fingerprint density at radius 2 is 2.25 bits per heavy atom. The molecule has 5 heteroatoms. The van der Waals surface area contributed by atoms with E-state index < -0.39 is 5.97 Å². The van der Waals surface area contributed by atoms with Crippen LogP contribution in [0.15, 0.2) is 18.2 Å². The zero-order valence-corrected chi connectivity index (χ0v) is 9.42. The van der Waals surface area contributed by atoms with E-state index in [1.807, 2.05) is 0 Å². The Labute approximate surface area is 98.6 Å². The van der Waals surface area contributed by atoms with E-state index in [0.717, 1.165) is 25.2 Å². The normalized spacial score (nSPS) is 20.7. The van der Waals surface area contributed by atoms with Gasteiger partial charge in [0.15, 0.2) is 0 Å². The number of carboxylic acid groups (broad SMARTS) is 1. The molecule has 1 fully saturated rings. The van der Waals surface area contributed by atoms with Gasteiger partial charge in [-0.3, -0.25) is 0 Å². The fourth-order valence-corrected chi connectivity index (χ4v) is 2.13. The summed E-state index contributed by atoms with van der Waals surface area (Å²) in [6.45, 7) is 2.65. The first-order valence-electron chi connectivity index (χ1n) is 5.15. The van der Waals surface area contributed by atoms with Crippen LogP contribution >= 0.6 is 11.6 Å². The summed E-state index contributed by atoms with van der Waals surface area (Å²) in [6.07, 6.45) is 0. The third-order valence-electron chi connectivity index (χ3n) is 2.66. The van der Waals surface area contributed by atoms with Crippen LogP contribution in [0, 0.1) is 0 Å². The number of hydrogen-bond donors (Lipinski definition) is 3. The first-order valence-corrected chi connectivity index (χ1v) is 5.53. The smallest absolute Gasteiger partial charge is 0.335 e. The van der Waals surface area contributed by atoms with Gasteiger partial charge in [-0.15, -0.1) is 0 Å². The van der Waals surface area contributed by atoms with Crippen LogP contribution < -0.4 is 10.6 Å². The molecule has 1 atom stereocenters. The fraction of sp³-hybridized carbons (Fsp3) is 0.364. The van der Waals surface area contributed by atoms with Crippen LogP contribution in [0.4, 0.5) is 0 Å². The number of piperazine rings is 1. The fourth-order valence-electron chi connectivity index (χ4n) is 1.82. The van der Waals surface area contributed by atoms with Gasteiger partial charge in [-0.2, -0.15) is 0 Å². The van der Waals surface area contributed by atoms with Crippen molar-refractivity contribution in [2.24, 2.45) is 0 Å². The molecule has 1 aromatic carbocycles. The van der Waals surface area contributed by atoms with Crippen LogP contribution in [-0.2, 0) is 0 Å². The highest BCUT2D eigenvalue weighted by Gasteiger charge is 2.17. The number of benzene rings is 1. The van der Waals surface area contributed by atoms with Crippen molar-refractivity contribution in [3.63, 3.8) is 0 Å². The van der Waals surface area contributed by atoms with Gasteiger partial charge in [0, 0.05) is 30.7 Å². The predicted molar refractivity (Wildman–Crippen MR) is 62.0 cm³/mol. The molecule has 0 amide bonds. The minimum atomic E-state index is -0.955. The van der Waals surface area contributed by atoms with Crippen LogP contribution in [0.5, 0.6) is 0 Å². The highest BCUT2D eigenvalue weighted by Crippen LogP contribution is 2.24. The minimum absolute atomic E-state index is 0.157. The summed E-state index contributed by atoms with van der Waals surface area (Å²) in [4.78, 5) is 10.8. The van der Waals surface area contributed by atoms with E-state index >= 15 is 0 Å². The molecule has 0 aromatic heterocycles. The van der Waals surface area contributed by atoms with Crippen molar-refractivity contribution < 1.29 is 9.90 Å². The molecule has 16 heavy (non-hydrogen) atoms. The largest absolute Gasteiger partial charge is 0.478 e. The summed E-state index contributed by atoms with van der Waals surface area (Å²) >= 11 is 6.08. The minimum Gasteiger partial charge on any atom is -0.478 e. The zero-order chi connectivity index (χ0) is 11.5. The Morgan fingerprint density at radius 3 is 2.81 bits per heavy atom. The first kappa shape index (κ1) is 11.4. The lowest BCUT2D eigenvalue weighted by Gasteiger charge is -2.25. The van der Waals surface area contributed by atoms with Crippen molar-refractivity contribution in [1.82, 2.24) is 10.6 Å². The molecule has 0 saturated carbocycles. The second-order valence-corrected chi connectivity index (χ2v) is 4.16. The van der Waals surface area contributed by atoms with E-state index in [4.69, 9.17) is 16.7 Å². The number of hydrogen-bond acceptors (Lipinski definition) is 3. The second-order valence-electron chi connectivity index (χ2n) is 3.75. The highest BCUT2D eigenvalue weighted by atomic mass is 35.5. The van der Waals surface area contributed by atoms with Crippen LogP contribution in [-0.4, -0.2) is 30.7 Å². The van der Waals surface area contributed by atoms with Crippen LogP contribution in [0.1, 0.15) is 22.0 Å². The third-order valence-corrected chi connectivity index (χ3v) is 2.99. The lowest BCUT2D eigenvalue weighted by molar-refractivity contribution is 0.0697. The molecule has 1 aliphatic heterocycles. The summed E-state index contributed by atoms with van der Waals surface area (Å²) in [5.41, 5.74) is 1.16. The molecule has 4 nitrogen and oxygen atoms in total. The molecule has 1 unspecified atom stereocenters. The van der Waals surface area contributed by atoms with Gasteiger partial charge in [-0.1, -0.05) is 17.7 Å². The maximum absolute atomic E-state index is 10.8. The van der Waals surface area contributed by atoms with Gasteiger partial charge < -0.3 is 15.7 Å². The third kappa shape index (κ3) is 2.35. The van der Waals surface area contributed by atoms with Gasteiger partial charge in [-0.05, 0) is 17.7 Å². The standard InChI is InChI=1S/C11H13ClN2O2/c12-9-5-7(11(15)16)1-2-8(9)10-6-13-3-4-14-10/h1-2,5,10,13-14H,3-4,6H2,(H,15,16). The quantitative estimate of drug-likeness (QED) is 0.729. The van der Waals surface area contributed by atoms with E-state index in [-0.39, 0.29) is 11.6 Å². The van der Waals surface area contributed by atoms with Crippen molar-refractivity contribution in [3.05, 3.63) is 34.3 Å². The first-order chi connectivity index (χ1) is 7.68. The molecule has 1 heterocycles. The van der Waals surface area contributed by atoms with Gasteiger partial charge in [0.25, 0.3) is 0 Å². The number of carbonyl (C=O) groups is 1. The molecular weight excluding hydrogens is 228 g/mol. The number of halogens is 1. The zero-order valence-electron chi connectivity index (χ0n) is 8.66. The second kappa shape index (κ2) is 4.82. The Hall–Kier alpha value is -1.10. The number of rotatable bonds is 2. The topological polar surface area (TPSA) is 61.4 Å². The van der Waals surface area contributed by atoms with Crippen molar-refractivity contribution in [3.8, 4) is 0 Å². The molecule has 0 spiro atoms. The summed E-state index contributed by atoms with van der Waals surface area (Å²) in [6, 6.07) is 5.01. The molecule has 2 rings (SSSR count). The van der Waals surface area contributed by atoms with Crippen molar-refractivity contribution in [2.75, 3.05) is 19.6 Å². The SMILES string of the molecule is O=C(O)c1ccc(C2CNCCN2)c(Cl)c1. The summed E-state index contributed by atoms with van der Waals surface area (Å²) in [5, 5.41) is 15.9. The van der Waals surface area contributed by atoms with E-state index in [0.29, 0.717) is 5.02 Å². The molecule has 3 N–H and O–H groups in total. The Bertz CT molecular complexity index is 403. The van der Waals surface area contributed by atoms with Crippen molar-refractivity contribution in [1.29, 1.82) is 0 Å². The Balaban J connectivity index is 2.24. The van der Waals surface area contributed by atoms with E-state index in [1.165, 1.54) is 6.07 Å². The monoisotopic (exact) mass is 240 g/mol. The number of carboxylic acids is 1. The van der Waals surface area contributed by atoms with Gasteiger partial charge in [-0.25, -0.2) is 4.79 Å². The van der Waals surface area contributed by atoms with Crippen LogP contribution in [0.25, 0.3) is 0 Å². The molecule has 0 bridgehead atoms. The van der Waals surface area contributed by atoms with Gasteiger partial charge >= 0.3 is 5.97 Å². The molecular formula is C11H13ClN2O2.